The molecule has 0 atom stereocenters. The molecule has 72 valence electrons. The van der Waals surface area contributed by atoms with Gasteiger partial charge in [0.1, 0.15) is 0 Å². The standard InChI is InChI=1S/C7H5Cl5Si/c8-6-2-1-5(7(9)3-6)4-13(10,11)12/h1-3H,4H2. The van der Waals surface area contributed by atoms with E-state index in [0.29, 0.717) is 16.1 Å². The van der Waals surface area contributed by atoms with Gasteiger partial charge in [0.2, 0.25) is 0 Å². The lowest BCUT2D eigenvalue weighted by Gasteiger charge is -2.09. The average molecular weight is 294 g/mol. The lowest BCUT2D eigenvalue weighted by atomic mass is 10.2. The van der Waals surface area contributed by atoms with Gasteiger partial charge in [-0.1, -0.05) is 29.3 Å². The van der Waals surface area contributed by atoms with Crippen molar-refractivity contribution in [1.29, 1.82) is 0 Å². The summed E-state index contributed by atoms with van der Waals surface area (Å²) in [5.41, 5.74) is 0.831. The quantitative estimate of drug-likeness (QED) is 0.546. The van der Waals surface area contributed by atoms with Crippen LogP contribution in [0.1, 0.15) is 5.56 Å². The summed E-state index contributed by atoms with van der Waals surface area (Å²) in [4.78, 5) is 0. The first-order valence-electron chi connectivity index (χ1n) is 3.39. The van der Waals surface area contributed by atoms with Gasteiger partial charge in [-0.25, -0.2) is 0 Å². The van der Waals surface area contributed by atoms with Crippen molar-refractivity contribution in [2.45, 2.75) is 6.04 Å². The number of benzene rings is 1. The normalized spacial score (nSPS) is 11.8. The summed E-state index contributed by atoms with van der Waals surface area (Å²) in [6.45, 7) is 0. The van der Waals surface area contributed by atoms with E-state index in [1.165, 1.54) is 0 Å². The maximum Gasteiger partial charge on any atom is 0.345 e. The molecule has 0 radical (unpaired) electrons. The van der Waals surface area contributed by atoms with Crippen LogP contribution in [0.2, 0.25) is 10.0 Å². The Bertz CT molecular complexity index is 306. The largest absolute Gasteiger partial charge is 0.345 e. The van der Waals surface area contributed by atoms with Gasteiger partial charge in [0.15, 0.2) is 0 Å². The number of rotatable bonds is 2. The summed E-state index contributed by atoms with van der Waals surface area (Å²) >= 11 is 28.9. The monoisotopic (exact) mass is 292 g/mol. The third-order valence-corrected chi connectivity index (χ3v) is 3.98. The zero-order valence-corrected chi connectivity index (χ0v) is 11.1. The van der Waals surface area contributed by atoms with E-state index in [2.05, 4.69) is 0 Å². The van der Waals surface area contributed by atoms with E-state index in [0.717, 1.165) is 5.56 Å². The predicted molar refractivity (Wildman–Crippen MR) is 63.5 cm³/mol. The van der Waals surface area contributed by atoms with E-state index in [-0.39, 0.29) is 0 Å². The molecular formula is C7H5Cl5Si. The Kier molecular flexibility index (Phi) is 4.24. The van der Waals surface area contributed by atoms with Gasteiger partial charge in [0, 0.05) is 16.1 Å². The first-order valence-corrected chi connectivity index (χ1v) is 9.39. The summed E-state index contributed by atoms with van der Waals surface area (Å²) in [6, 6.07) is 2.90. The highest BCUT2D eigenvalue weighted by molar-refractivity contribution is 7.64. The van der Waals surface area contributed by atoms with Crippen LogP contribution in [0.4, 0.5) is 0 Å². The van der Waals surface area contributed by atoms with Crippen molar-refractivity contribution in [2.24, 2.45) is 0 Å². The van der Waals surface area contributed by atoms with E-state index in [4.69, 9.17) is 56.4 Å². The molecule has 6 heteroatoms. The summed E-state index contributed by atoms with van der Waals surface area (Å²) in [7, 11) is 0. The Morgan fingerprint density at radius 1 is 1.08 bits per heavy atom. The van der Waals surface area contributed by atoms with Gasteiger partial charge >= 0.3 is 6.00 Å². The van der Waals surface area contributed by atoms with Crippen molar-refractivity contribution in [2.75, 3.05) is 0 Å². The molecule has 0 aliphatic rings. The van der Waals surface area contributed by atoms with Gasteiger partial charge in [-0.3, -0.25) is 0 Å². The van der Waals surface area contributed by atoms with Crippen LogP contribution >= 0.6 is 56.4 Å². The number of hydrogen-bond donors (Lipinski definition) is 0. The van der Waals surface area contributed by atoms with Crippen molar-refractivity contribution in [3.8, 4) is 0 Å². The number of halogens is 5. The van der Waals surface area contributed by atoms with Crippen molar-refractivity contribution in [1.82, 2.24) is 0 Å². The fraction of sp³-hybridized carbons (Fsp3) is 0.143. The SMILES string of the molecule is Clc1ccc(C[Si](Cl)(Cl)Cl)c(Cl)c1. The molecule has 1 aromatic rings. The zero-order chi connectivity index (χ0) is 10.1. The van der Waals surface area contributed by atoms with Crippen molar-refractivity contribution < 1.29 is 0 Å². The molecule has 0 heterocycles. The molecule has 0 saturated heterocycles. The van der Waals surface area contributed by atoms with Crippen LogP contribution < -0.4 is 0 Å². The molecule has 0 saturated carbocycles. The Morgan fingerprint density at radius 3 is 2.15 bits per heavy atom. The Morgan fingerprint density at radius 2 is 1.69 bits per heavy atom. The van der Waals surface area contributed by atoms with Crippen molar-refractivity contribution >= 4 is 62.4 Å². The molecule has 1 aromatic carbocycles. The molecule has 13 heavy (non-hydrogen) atoms. The van der Waals surface area contributed by atoms with E-state index < -0.39 is 6.00 Å². The van der Waals surface area contributed by atoms with Crippen molar-refractivity contribution in [3.05, 3.63) is 33.8 Å². The van der Waals surface area contributed by atoms with Gasteiger partial charge in [-0.2, -0.15) is 0 Å². The van der Waals surface area contributed by atoms with Gasteiger partial charge in [0.25, 0.3) is 0 Å². The number of hydrogen-bond acceptors (Lipinski definition) is 0. The van der Waals surface area contributed by atoms with E-state index in [9.17, 15) is 0 Å². The second kappa shape index (κ2) is 4.60. The van der Waals surface area contributed by atoms with Gasteiger partial charge in [-0.15, -0.1) is 33.2 Å². The van der Waals surface area contributed by atoms with Crippen LogP contribution in [0.15, 0.2) is 18.2 Å². The summed E-state index contributed by atoms with van der Waals surface area (Å²) in [5.74, 6) is 0. The maximum atomic E-state index is 5.90. The molecule has 0 aromatic heterocycles. The molecule has 0 N–H and O–H groups in total. The molecule has 0 bridgehead atoms. The van der Waals surface area contributed by atoms with Gasteiger partial charge in [-0.05, 0) is 17.7 Å². The van der Waals surface area contributed by atoms with Crippen LogP contribution in [-0.2, 0) is 6.04 Å². The third kappa shape index (κ3) is 4.28. The molecule has 1 rings (SSSR count). The minimum atomic E-state index is -2.66. The fourth-order valence-electron chi connectivity index (χ4n) is 0.881. The van der Waals surface area contributed by atoms with E-state index in [1.54, 1.807) is 18.2 Å². The van der Waals surface area contributed by atoms with Gasteiger partial charge in [0.05, 0.1) is 0 Å². The molecule has 0 nitrogen and oxygen atoms in total. The van der Waals surface area contributed by atoms with E-state index >= 15 is 0 Å². The third-order valence-electron chi connectivity index (χ3n) is 1.41. The molecule has 0 amide bonds. The molecule has 0 unspecified atom stereocenters. The Hall–Kier alpha value is 0.887. The van der Waals surface area contributed by atoms with Crippen LogP contribution in [-0.4, -0.2) is 6.00 Å². The lowest BCUT2D eigenvalue weighted by Crippen LogP contribution is -2.14. The van der Waals surface area contributed by atoms with Crippen molar-refractivity contribution in [3.63, 3.8) is 0 Å². The lowest BCUT2D eigenvalue weighted by molar-refractivity contribution is 1.39. The smallest absolute Gasteiger partial charge is 0.126 e. The highest BCUT2D eigenvalue weighted by Crippen LogP contribution is 2.29. The Labute approximate surface area is 102 Å². The van der Waals surface area contributed by atoms with Gasteiger partial charge < -0.3 is 0 Å². The first-order chi connectivity index (χ1) is 5.88. The summed E-state index contributed by atoms with van der Waals surface area (Å²) < 4.78 is 0. The molecule has 0 fully saturated rings. The minimum Gasteiger partial charge on any atom is -0.126 e. The van der Waals surface area contributed by atoms with Crippen LogP contribution in [0.25, 0.3) is 0 Å². The molecular weight excluding hydrogens is 289 g/mol. The molecule has 0 aliphatic heterocycles. The summed E-state index contributed by atoms with van der Waals surface area (Å²) in [5, 5.41) is 1.13. The first kappa shape index (κ1) is 12.0. The van der Waals surface area contributed by atoms with E-state index in [1.807, 2.05) is 0 Å². The average Bonchev–Trinajstić information content (AvgIpc) is 1.93. The van der Waals surface area contributed by atoms with Crippen LogP contribution in [0.3, 0.4) is 0 Å². The Balaban J connectivity index is 2.90. The highest BCUT2D eigenvalue weighted by atomic mass is 35.8. The van der Waals surface area contributed by atoms with Crippen LogP contribution in [0.5, 0.6) is 0 Å². The maximum absolute atomic E-state index is 5.90. The summed E-state index contributed by atoms with van der Waals surface area (Å²) in [6.07, 6.45) is 0. The van der Waals surface area contributed by atoms with Crippen LogP contribution in [0, 0.1) is 0 Å². The second-order valence-corrected chi connectivity index (χ2v) is 12.5. The second-order valence-electron chi connectivity index (χ2n) is 2.53. The fourth-order valence-corrected chi connectivity index (χ4v) is 3.50. The topological polar surface area (TPSA) is 0 Å². The highest BCUT2D eigenvalue weighted by Gasteiger charge is 2.26. The molecule has 0 aliphatic carbocycles. The zero-order valence-electron chi connectivity index (χ0n) is 6.33. The predicted octanol–water partition coefficient (Wildman–Crippen LogP) is 4.73. The molecule has 0 spiro atoms. The minimum absolute atomic E-state index is 0.410.